The molecule has 1 heterocycles. The van der Waals surface area contributed by atoms with Gasteiger partial charge in [-0.25, -0.2) is 4.98 Å². The Hall–Kier alpha value is -3.40. The van der Waals surface area contributed by atoms with Gasteiger partial charge in [-0.2, -0.15) is 13.2 Å². The van der Waals surface area contributed by atoms with E-state index in [1.807, 2.05) is 60.7 Å². The molecule has 0 saturated heterocycles. The summed E-state index contributed by atoms with van der Waals surface area (Å²) >= 11 is 0. The first-order valence-corrected chi connectivity index (χ1v) is 8.90. The zero-order valence-corrected chi connectivity index (χ0v) is 14.7. The van der Waals surface area contributed by atoms with E-state index in [1.54, 1.807) is 18.2 Å². The molecule has 5 rings (SSSR count). The van der Waals surface area contributed by atoms with E-state index >= 15 is 0 Å². The number of pyridine rings is 1. The first kappa shape index (κ1) is 16.8. The molecule has 0 aliphatic heterocycles. The lowest BCUT2D eigenvalue weighted by molar-refractivity contribution is -0.139. The third-order valence-corrected chi connectivity index (χ3v) is 5.06. The Morgan fingerprint density at radius 2 is 1.32 bits per heavy atom. The molecule has 136 valence electrons. The number of halogens is 3. The third kappa shape index (κ3) is 2.61. The number of hydrogen-bond donors (Lipinski definition) is 0. The zero-order chi connectivity index (χ0) is 19.3. The molecule has 0 bridgehead atoms. The van der Waals surface area contributed by atoms with E-state index in [9.17, 15) is 13.2 Å². The van der Waals surface area contributed by atoms with Crippen LogP contribution in [0.2, 0.25) is 0 Å². The van der Waals surface area contributed by atoms with E-state index in [0.717, 1.165) is 27.3 Å². The maximum atomic E-state index is 13.7. The van der Waals surface area contributed by atoms with Crippen molar-refractivity contribution in [2.75, 3.05) is 0 Å². The predicted molar refractivity (Wildman–Crippen MR) is 107 cm³/mol. The zero-order valence-electron chi connectivity index (χ0n) is 14.7. The molecule has 4 heteroatoms. The van der Waals surface area contributed by atoms with Crippen molar-refractivity contribution >= 4 is 32.4 Å². The van der Waals surface area contributed by atoms with Crippen molar-refractivity contribution in [2.45, 2.75) is 6.18 Å². The molecule has 0 aliphatic rings. The van der Waals surface area contributed by atoms with Crippen LogP contribution < -0.4 is 0 Å². The van der Waals surface area contributed by atoms with Gasteiger partial charge in [0.2, 0.25) is 0 Å². The fourth-order valence-corrected chi connectivity index (χ4v) is 3.81. The van der Waals surface area contributed by atoms with E-state index in [4.69, 9.17) is 0 Å². The van der Waals surface area contributed by atoms with E-state index in [2.05, 4.69) is 4.98 Å². The van der Waals surface area contributed by atoms with Gasteiger partial charge in [-0.15, -0.1) is 0 Å². The molecule has 0 fully saturated rings. The van der Waals surface area contributed by atoms with Crippen LogP contribution in [0.15, 0.2) is 84.9 Å². The minimum absolute atomic E-state index is 0.131. The van der Waals surface area contributed by atoms with Gasteiger partial charge in [0.15, 0.2) is 5.69 Å². The molecule has 1 nitrogen and oxygen atoms in total. The highest BCUT2D eigenvalue weighted by molar-refractivity contribution is 6.20. The summed E-state index contributed by atoms with van der Waals surface area (Å²) in [5.74, 6) is 0. The molecular weight excluding hydrogens is 359 g/mol. The summed E-state index contributed by atoms with van der Waals surface area (Å²) in [5.41, 5.74) is 1.61. The highest BCUT2D eigenvalue weighted by Crippen LogP contribution is 2.40. The van der Waals surface area contributed by atoms with Crippen molar-refractivity contribution < 1.29 is 13.2 Å². The number of nitrogens with zero attached hydrogens (tertiary/aromatic N) is 1. The summed E-state index contributed by atoms with van der Waals surface area (Å²) in [7, 11) is 0. The van der Waals surface area contributed by atoms with Crippen molar-refractivity contribution in [3.63, 3.8) is 0 Å². The molecule has 0 amide bonds. The van der Waals surface area contributed by atoms with E-state index in [0.29, 0.717) is 10.9 Å². The van der Waals surface area contributed by atoms with Crippen LogP contribution in [0.4, 0.5) is 13.2 Å². The number of fused-ring (bicyclic) bond motifs is 5. The number of aromatic nitrogens is 1. The van der Waals surface area contributed by atoms with Crippen molar-refractivity contribution in [1.29, 1.82) is 0 Å². The molecule has 0 unspecified atom stereocenters. The molecule has 0 atom stereocenters. The van der Waals surface area contributed by atoms with Gasteiger partial charge in [-0.1, -0.05) is 72.8 Å². The Balaban J connectivity index is 1.90. The number of benzene rings is 4. The SMILES string of the molecule is FC(F)(F)c1nc2ccccc2c2c1ccc1cc(-c3ccccc3)ccc12. The summed E-state index contributed by atoms with van der Waals surface area (Å²) in [5, 5.41) is 3.14. The molecule has 0 aliphatic carbocycles. The normalized spacial score (nSPS) is 12.1. The largest absolute Gasteiger partial charge is 0.433 e. The maximum absolute atomic E-state index is 13.7. The Labute approximate surface area is 159 Å². The first-order valence-electron chi connectivity index (χ1n) is 8.90. The highest BCUT2D eigenvalue weighted by atomic mass is 19.4. The minimum atomic E-state index is -4.51. The van der Waals surface area contributed by atoms with Crippen LogP contribution in [0, 0.1) is 0 Å². The van der Waals surface area contributed by atoms with Gasteiger partial charge in [0.25, 0.3) is 0 Å². The van der Waals surface area contributed by atoms with Gasteiger partial charge >= 0.3 is 6.18 Å². The van der Waals surface area contributed by atoms with Crippen LogP contribution in [-0.4, -0.2) is 4.98 Å². The Morgan fingerprint density at radius 3 is 2.11 bits per heavy atom. The van der Waals surface area contributed by atoms with Gasteiger partial charge in [0, 0.05) is 16.2 Å². The molecule has 4 aromatic carbocycles. The molecule has 0 N–H and O–H groups in total. The molecule has 1 aromatic heterocycles. The lowest BCUT2D eigenvalue weighted by Gasteiger charge is -2.14. The average molecular weight is 373 g/mol. The molecule has 5 aromatic rings. The second-order valence-corrected chi connectivity index (χ2v) is 6.77. The quantitative estimate of drug-likeness (QED) is 0.283. The number of rotatable bonds is 1. The van der Waals surface area contributed by atoms with Crippen molar-refractivity contribution in [1.82, 2.24) is 4.98 Å². The van der Waals surface area contributed by atoms with Gasteiger partial charge in [-0.05, 0) is 34.0 Å². The summed E-state index contributed by atoms with van der Waals surface area (Å²) < 4.78 is 41.0. The van der Waals surface area contributed by atoms with E-state index in [1.165, 1.54) is 6.07 Å². The number of para-hydroxylation sites is 1. The van der Waals surface area contributed by atoms with Crippen molar-refractivity contribution in [3.8, 4) is 11.1 Å². The Kier molecular flexibility index (Phi) is 3.63. The summed E-state index contributed by atoms with van der Waals surface area (Å²) in [4.78, 5) is 3.92. The second kappa shape index (κ2) is 6.06. The van der Waals surface area contributed by atoms with Crippen LogP contribution in [0.25, 0.3) is 43.6 Å². The smallest absolute Gasteiger partial charge is 0.243 e. The third-order valence-electron chi connectivity index (χ3n) is 5.06. The van der Waals surface area contributed by atoms with Crippen LogP contribution in [0.3, 0.4) is 0 Å². The fraction of sp³-hybridized carbons (Fsp3) is 0.0417. The Bertz CT molecular complexity index is 1340. The average Bonchev–Trinajstić information content (AvgIpc) is 2.72. The maximum Gasteiger partial charge on any atom is 0.433 e. The number of alkyl halides is 3. The summed E-state index contributed by atoms with van der Waals surface area (Å²) in [6.45, 7) is 0. The van der Waals surface area contributed by atoms with Crippen molar-refractivity contribution in [3.05, 3.63) is 90.6 Å². The standard InChI is InChI=1S/C24H14F3N/c25-24(26,27)23-20-13-11-17-14-16(15-6-2-1-3-7-15)10-12-18(17)22(20)19-8-4-5-9-21(19)28-23/h1-14H. The lowest BCUT2D eigenvalue weighted by atomic mass is 9.94. The minimum Gasteiger partial charge on any atom is -0.243 e. The van der Waals surface area contributed by atoms with Crippen LogP contribution in [-0.2, 0) is 6.18 Å². The van der Waals surface area contributed by atoms with Gasteiger partial charge < -0.3 is 0 Å². The van der Waals surface area contributed by atoms with Crippen LogP contribution in [0.5, 0.6) is 0 Å². The molecule has 28 heavy (non-hydrogen) atoms. The monoisotopic (exact) mass is 373 g/mol. The topological polar surface area (TPSA) is 12.9 Å². The first-order chi connectivity index (χ1) is 13.5. The van der Waals surface area contributed by atoms with Crippen molar-refractivity contribution in [2.24, 2.45) is 0 Å². The summed E-state index contributed by atoms with van der Waals surface area (Å²) in [6.07, 6.45) is -4.51. The van der Waals surface area contributed by atoms with Gasteiger partial charge in [0.1, 0.15) is 0 Å². The predicted octanol–water partition coefficient (Wildman–Crippen LogP) is 7.23. The van der Waals surface area contributed by atoms with E-state index in [-0.39, 0.29) is 5.39 Å². The van der Waals surface area contributed by atoms with Gasteiger partial charge in [-0.3, -0.25) is 0 Å². The highest BCUT2D eigenvalue weighted by Gasteiger charge is 2.35. The number of hydrogen-bond acceptors (Lipinski definition) is 1. The molecule has 0 saturated carbocycles. The van der Waals surface area contributed by atoms with Gasteiger partial charge in [0.05, 0.1) is 5.52 Å². The van der Waals surface area contributed by atoms with Crippen LogP contribution >= 0.6 is 0 Å². The summed E-state index contributed by atoms with van der Waals surface area (Å²) in [6, 6.07) is 26.1. The Morgan fingerprint density at radius 1 is 0.607 bits per heavy atom. The fourth-order valence-electron chi connectivity index (χ4n) is 3.81. The second-order valence-electron chi connectivity index (χ2n) is 6.77. The molecule has 0 radical (unpaired) electrons. The molecule has 0 spiro atoms. The van der Waals surface area contributed by atoms with E-state index < -0.39 is 11.9 Å². The molecular formula is C24H14F3N. The van der Waals surface area contributed by atoms with Crippen LogP contribution in [0.1, 0.15) is 5.69 Å². The lowest BCUT2D eigenvalue weighted by Crippen LogP contribution is -2.09.